The van der Waals surface area contributed by atoms with Gasteiger partial charge in [-0.3, -0.25) is 4.79 Å². The van der Waals surface area contributed by atoms with Gasteiger partial charge in [-0.05, 0) is 42.9 Å². The van der Waals surface area contributed by atoms with Crippen molar-refractivity contribution in [3.8, 4) is 0 Å². The highest BCUT2D eigenvalue weighted by Gasteiger charge is 2.67. The normalized spacial score (nSPS) is 38.1. The fraction of sp³-hybridized carbons (Fsp3) is 0.615. The summed E-state index contributed by atoms with van der Waals surface area (Å²) in [7, 11) is 0. The molecule has 1 aromatic heterocycles. The Bertz CT molecular complexity index is 529. The van der Waals surface area contributed by atoms with Gasteiger partial charge in [-0.2, -0.15) is 0 Å². The van der Waals surface area contributed by atoms with E-state index in [2.05, 4.69) is 15.3 Å². The van der Waals surface area contributed by atoms with Crippen molar-refractivity contribution in [3.05, 3.63) is 16.6 Å². The first-order valence-corrected chi connectivity index (χ1v) is 7.39. The molecule has 1 N–H and O–H groups in total. The third-order valence-electron chi connectivity index (χ3n) is 5.04. The summed E-state index contributed by atoms with van der Waals surface area (Å²) >= 11 is 11.9. The van der Waals surface area contributed by atoms with E-state index >= 15 is 0 Å². The number of rotatable bonds is 2. The van der Waals surface area contributed by atoms with Gasteiger partial charge in [0.1, 0.15) is 12.0 Å². The molecule has 6 heteroatoms. The van der Waals surface area contributed by atoms with Crippen molar-refractivity contribution in [2.24, 2.45) is 29.6 Å². The molecule has 19 heavy (non-hydrogen) atoms. The summed E-state index contributed by atoms with van der Waals surface area (Å²) in [5.41, 5.74) is 0.341. The molecule has 4 rings (SSSR count). The third kappa shape index (κ3) is 1.69. The van der Waals surface area contributed by atoms with Gasteiger partial charge in [0.15, 0.2) is 10.3 Å². The number of aromatic nitrogens is 2. The molecule has 0 saturated heterocycles. The summed E-state index contributed by atoms with van der Waals surface area (Å²) < 4.78 is 0. The zero-order valence-electron chi connectivity index (χ0n) is 10.1. The first-order valence-electron chi connectivity index (χ1n) is 6.63. The maximum atomic E-state index is 12.3. The molecular weight excluding hydrogens is 285 g/mol. The number of nitrogens with zero attached hydrogens (tertiary/aromatic N) is 2. The zero-order chi connectivity index (χ0) is 13.1. The van der Waals surface area contributed by atoms with Crippen LogP contribution in [0.15, 0.2) is 6.33 Å². The molecule has 100 valence electrons. The molecule has 1 amide bonds. The quantitative estimate of drug-likeness (QED) is 0.854. The number of hydrogen-bond donors (Lipinski definition) is 1. The minimum atomic E-state index is 0.0326. The molecule has 0 aliphatic heterocycles. The molecule has 3 aliphatic carbocycles. The van der Waals surface area contributed by atoms with Crippen molar-refractivity contribution in [2.75, 3.05) is 5.32 Å². The highest BCUT2D eigenvalue weighted by Crippen LogP contribution is 2.69. The van der Waals surface area contributed by atoms with Crippen LogP contribution in [0.25, 0.3) is 0 Å². The van der Waals surface area contributed by atoms with E-state index in [0.29, 0.717) is 17.5 Å². The number of amides is 1. The lowest BCUT2D eigenvalue weighted by atomic mass is 10.0. The fourth-order valence-corrected chi connectivity index (χ4v) is 4.74. The summed E-state index contributed by atoms with van der Waals surface area (Å²) in [5.74, 6) is 2.91. The minimum absolute atomic E-state index is 0.0326. The van der Waals surface area contributed by atoms with Gasteiger partial charge in [-0.25, -0.2) is 9.97 Å². The largest absolute Gasteiger partial charge is 0.321 e. The summed E-state index contributed by atoms with van der Waals surface area (Å²) in [5, 5.41) is 3.20. The highest BCUT2D eigenvalue weighted by atomic mass is 35.5. The molecule has 4 nitrogen and oxygen atoms in total. The van der Waals surface area contributed by atoms with Crippen molar-refractivity contribution in [2.45, 2.75) is 19.3 Å². The lowest BCUT2D eigenvalue weighted by Gasteiger charge is -2.10. The van der Waals surface area contributed by atoms with Crippen LogP contribution in [0.5, 0.6) is 0 Å². The average molecular weight is 298 g/mol. The van der Waals surface area contributed by atoms with Crippen LogP contribution in [-0.2, 0) is 4.79 Å². The van der Waals surface area contributed by atoms with E-state index in [1.54, 1.807) is 0 Å². The van der Waals surface area contributed by atoms with E-state index in [1.807, 2.05) is 0 Å². The number of halogens is 2. The van der Waals surface area contributed by atoms with Crippen molar-refractivity contribution in [1.29, 1.82) is 0 Å². The van der Waals surface area contributed by atoms with E-state index in [1.165, 1.54) is 25.6 Å². The molecule has 0 spiro atoms. The van der Waals surface area contributed by atoms with Gasteiger partial charge in [0.2, 0.25) is 5.91 Å². The standard InChI is InChI=1S/C13H13Cl2N3O/c14-11-10(12(15)17-4-16-11)18-13(19)9-7-5-1-2-6(3-5)8(7)9/h4-9H,1-3H2,(H,18,19). The van der Waals surface area contributed by atoms with Crippen LogP contribution in [-0.4, -0.2) is 15.9 Å². The molecule has 0 aromatic carbocycles. The van der Waals surface area contributed by atoms with E-state index in [9.17, 15) is 4.79 Å². The summed E-state index contributed by atoms with van der Waals surface area (Å²) in [4.78, 5) is 20.0. The zero-order valence-corrected chi connectivity index (χ0v) is 11.7. The molecule has 1 aromatic rings. The molecule has 3 aliphatic rings. The minimum Gasteiger partial charge on any atom is -0.321 e. The Kier molecular flexibility index (Phi) is 2.55. The molecule has 1 heterocycles. The lowest BCUT2D eigenvalue weighted by Crippen LogP contribution is -2.19. The number of carbonyl (C=O) groups excluding carboxylic acids is 1. The van der Waals surface area contributed by atoms with Crippen LogP contribution in [0, 0.1) is 29.6 Å². The van der Waals surface area contributed by atoms with Crippen molar-refractivity contribution >= 4 is 34.8 Å². The predicted molar refractivity (Wildman–Crippen MR) is 72.0 cm³/mol. The van der Waals surface area contributed by atoms with Gasteiger partial charge in [0, 0.05) is 5.92 Å². The van der Waals surface area contributed by atoms with Gasteiger partial charge in [0.05, 0.1) is 0 Å². The molecule has 4 unspecified atom stereocenters. The van der Waals surface area contributed by atoms with Gasteiger partial charge in [-0.15, -0.1) is 0 Å². The van der Waals surface area contributed by atoms with Crippen LogP contribution in [0.4, 0.5) is 5.69 Å². The molecule has 3 saturated carbocycles. The molecule has 2 bridgehead atoms. The second kappa shape index (κ2) is 4.06. The summed E-state index contributed by atoms with van der Waals surface area (Å²) in [6, 6.07) is 0. The molecule has 0 radical (unpaired) electrons. The van der Waals surface area contributed by atoms with Crippen LogP contribution in [0.3, 0.4) is 0 Å². The number of fused-ring (bicyclic) bond motifs is 5. The van der Waals surface area contributed by atoms with Crippen LogP contribution in [0.2, 0.25) is 10.3 Å². The number of hydrogen-bond acceptors (Lipinski definition) is 3. The van der Waals surface area contributed by atoms with Crippen molar-refractivity contribution in [1.82, 2.24) is 9.97 Å². The second-order valence-corrected chi connectivity index (χ2v) is 6.55. The number of nitrogens with one attached hydrogen (secondary N) is 1. The van der Waals surface area contributed by atoms with Crippen LogP contribution < -0.4 is 5.32 Å². The van der Waals surface area contributed by atoms with Gasteiger partial charge in [-0.1, -0.05) is 23.2 Å². The average Bonchev–Trinajstić information content (AvgIpc) is 2.83. The fourth-order valence-electron chi connectivity index (χ4n) is 4.33. The Labute approximate surface area is 120 Å². The van der Waals surface area contributed by atoms with Gasteiger partial charge >= 0.3 is 0 Å². The highest BCUT2D eigenvalue weighted by molar-refractivity contribution is 6.38. The first-order chi connectivity index (χ1) is 9.16. The topological polar surface area (TPSA) is 54.9 Å². The van der Waals surface area contributed by atoms with Gasteiger partial charge < -0.3 is 5.32 Å². The molecular formula is C13H13Cl2N3O. The van der Waals surface area contributed by atoms with E-state index < -0.39 is 0 Å². The SMILES string of the molecule is O=C(Nc1c(Cl)ncnc1Cl)C1C2C3CCC(C3)C12. The van der Waals surface area contributed by atoms with E-state index in [-0.39, 0.29) is 22.1 Å². The Balaban J connectivity index is 1.52. The maximum absolute atomic E-state index is 12.3. The monoisotopic (exact) mass is 297 g/mol. The Morgan fingerprint density at radius 2 is 1.74 bits per heavy atom. The summed E-state index contributed by atoms with van der Waals surface area (Å²) in [6.07, 6.45) is 5.21. The third-order valence-corrected chi connectivity index (χ3v) is 5.61. The van der Waals surface area contributed by atoms with Crippen molar-refractivity contribution < 1.29 is 4.79 Å². The van der Waals surface area contributed by atoms with Gasteiger partial charge in [0.25, 0.3) is 0 Å². The van der Waals surface area contributed by atoms with Crippen molar-refractivity contribution in [3.63, 3.8) is 0 Å². The Morgan fingerprint density at radius 3 is 2.32 bits per heavy atom. The van der Waals surface area contributed by atoms with E-state index in [4.69, 9.17) is 23.2 Å². The summed E-state index contributed by atoms with van der Waals surface area (Å²) in [6.45, 7) is 0. The number of anilines is 1. The van der Waals surface area contributed by atoms with Crippen LogP contribution in [0.1, 0.15) is 19.3 Å². The Morgan fingerprint density at radius 1 is 1.16 bits per heavy atom. The lowest BCUT2D eigenvalue weighted by molar-refractivity contribution is -0.118. The first kappa shape index (κ1) is 11.9. The van der Waals surface area contributed by atoms with Crippen LogP contribution >= 0.6 is 23.2 Å². The Hall–Kier alpha value is -0.870. The second-order valence-electron chi connectivity index (χ2n) is 5.83. The smallest absolute Gasteiger partial charge is 0.228 e. The predicted octanol–water partition coefficient (Wildman–Crippen LogP) is 3.01. The maximum Gasteiger partial charge on any atom is 0.228 e. The number of carbonyl (C=O) groups is 1. The molecule has 4 atom stereocenters. The van der Waals surface area contributed by atoms with E-state index in [0.717, 1.165) is 11.8 Å². The molecule has 3 fully saturated rings.